The molecule has 0 aromatic carbocycles. The minimum Gasteiger partial charge on any atom is -0.374 e. The van der Waals surface area contributed by atoms with Crippen molar-refractivity contribution in [3.05, 3.63) is 0 Å². The molecule has 0 saturated heterocycles. The molecule has 0 heterocycles. The second kappa shape index (κ2) is 2.26. The summed E-state index contributed by atoms with van der Waals surface area (Å²) in [6, 6.07) is 0. The van der Waals surface area contributed by atoms with Gasteiger partial charge in [-0.1, -0.05) is 6.92 Å². The molecule has 0 amide bonds. The highest BCUT2D eigenvalue weighted by molar-refractivity contribution is 4.58. The van der Waals surface area contributed by atoms with Crippen molar-refractivity contribution in [2.45, 2.75) is 26.0 Å². The third kappa shape index (κ3) is 2.56. The van der Waals surface area contributed by atoms with Crippen LogP contribution >= 0.6 is 0 Å². The summed E-state index contributed by atoms with van der Waals surface area (Å²) in [6.45, 7) is 3.26. The lowest BCUT2D eigenvalue weighted by molar-refractivity contribution is -0.0815. The molecule has 3 heteroatoms. The van der Waals surface area contributed by atoms with Gasteiger partial charge in [0.05, 0.1) is 0 Å². The molecule has 0 aliphatic heterocycles. The first-order valence-corrected chi connectivity index (χ1v) is 2.26. The number of rotatable bonds is 2. The van der Waals surface area contributed by atoms with E-state index in [2.05, 4.69) is 0 Å². The average molecular weight is 105 g/mol. The van der Waals surface area contributed by atoms with Crippen LogP contribution in [0.25, 0.3) is 0 Å². The average Bonchev–Trinajstić information content (AvgIpc) is 1.68. The van der Waals surface area contributed by atoms with Crippen molar-refractivity contribution in [2.24, 2.45) is 0 Å². The number of hydrogen-bond acceptors (Lipinski definition) is 3. The molecule has 0 spiro atoms. The fraction of sp³-hybridized carbons (Fsp3) is 1.00. The molecule has 0 fully saturated rings. The lowest BCUT2D eigenvalue weighted by atomic mass is 10.2. The molecule has 0 aromatic heterocycles. The predicted octanol–water partition coefficient (Wildman–Crippen LogP) is 0.0837. The van der Waals surface area contributed by atoms with E-state index in [0.29, 0.717) is 6.42 Å². The molecule has 1 atom stereocenters. The Morgan fingerprint density at radius 1 is 1.71 bits per heavy atom. The van der Waals surface area contributed by atoms with Crippen molar-refractivity contribution in [3.8, 4) is 0 Å². The van der Waals surface area contributed by atoms with Gasteiger partial charge in [-0.05, 0) is 13.3 Å². The summed E-state index contributed by atoms with van der Waals surface area (Å²) in [5.41, 5.74) is 0.635. The van der Waals surface area contributed by atoms with Gasteiger partial charge in [0, 0.05) is 0 Å². The number of hydroxylamine groups is 1. The third-order valence-electron chi connectivity index (χ3n) is 0.929. The van der Waals surface area contributed by atoms with Gasteiger partial charge in [-0.3, -0.25) is 0 Å². The molecule has 0 saturated carbocycles. The highest BCUT2D eigenvalue weighted by atomic mass is 16.5. The topological polar surface area (TPSA) is 52.5 Å². The van der Waals surface area contributed by atoms with Gasteiger partial charge in [0.2, 0.25) is 0 Å². The van der Waals surface area contributed by atoms with Crippen LogP contribution in [-0.4, -0.2) is 16.0 Å². The summed E-state index contributed by atoms with van der Waals surface area (Å²) in [5.74, 6) is 0. The lowest BCUT2D eigenvalue weighted by Gasteiger charge is -2.17. The van der Waals surface area contributed by atoms with Gasteiger partial charge in [0.25, 0.3) is 0 Å². The molecule has 0 rings (SSSR count). The lowest BCUT2D eigenvalue weighted by Crippen LogP contribution is -2.38. The van der Waals surface area contributed by atoms with Crippen LogP contribution in [0.2, 0.25) is 0 Å². The van der Waals surface area contributed by atoms with E-state index in [0.717, 1.165) is 0 Å². The second-order valence-electron chi connectivity index (χ2n) is 1.74. The smallest absolute Gasteiger partial charge is 0.134 e. The fourth-order valence-electron chi connectivity index (χ4n) is 0.0791. The maximum Gasteiger partial charge on any atom is 0.134 e. The Morgan fingerprint density at radius 2 is 2.14 bits per heavy atom. The van der Waals surface area contributed by atoms with Gasteiger partial charge < -0.3 is 10.3 Å². The zero-order valence-corrected chi connectivity index (χ0v) is 4.60. The van der Waals surface area contributed by atoms with Crippen molar-refractivity contribution >= 4 is 0 Å². The Bertz CT molecular complexity index is 47.7. The Labute approximate surface area is 42.9 Å². The highest BCUT2D eigenvalue weighted by Gasteiger charge is 2.13. The SMILES string of the molecule is CC[C@@](C)(O)NO. The maximum atomic E-state index is 8.77. The van der Waals surface area contributed by atoms with Gasteiger partial charge in [0.15, 0.2) is 0 Å². The first-order chi connectivity index (χ1) is 3.12. The van der Waals surface area contributed by atoms with E-state index in [-0.39, 0.29) is 0 Å². The van der Waals surface area contributed by atoms with Crippen molar-refractivity contribution in [1.82, 2.24) is 5.48 Å². The van der Waals surface area contributed by atoms with Crippen LogP contribution in [0.5, 0.6) is 0 Å². The monoisotopic (exact) mass is 105 g/mol. The number of nitrogens with one attached hydrogen (secondary N) is 1. The highest BCUT2D eigenvalue weighted by Crippen LogP contribution is 1.99. The van der Waals surface area contributed by atoms with Crippen LogP contribution in [-0.2, 0) is 0 Å². The molecule has 7 heavy (non-hydrogen) atoms. The van der Waals surface area contributed by atoms with Crippen LogP contribution < -0.4 is 5.48 Å². The Morgan fingerprint density at radius 3 is 2.14 bits per heavy atom. The quantitative estimate of drug-likeness (QED) is 0.344. The first-order valence-electron chi connectivity index (χ1n) is 2.26. The Kier molecular flexibility index (Phi) is 2.22. The molecule has 0 bridgehead atoms. The zero-order chi connectivity index (χ0) is 5.91. The van der Waals surface area contributed by atoms with E-state index in [4.69, 9.17) is 10.3 Å². The number of aliphatic hydroxyl groups is 1. The molecule has 0 unspecified atom stereocenters. The molecular formula is C4H11NO2. The molecule has 3 N–H and O–H groups in total. The zero-order valence-electron chi connectivity index (χ0n) is 4.60. The first kappa shape index (κ1) is 6.88. The minimum absolute atomic E-state index is 0.490. The van der Waals surface area contributed by atoms with Gasteiger partial charge in [-0.15, -0.1) is 0 Å². The van der Waals surface area contributed by atoms with Crippen LogP contribution in [0.1, 0.15) is 20.3 Å². The summed E-state index contributed by atoms with van der Waals surface area (Å²) >= 11 is 0. The van der Waals surface area contributed by atoms with Crippen LogP contribution in [0.3, 0.4) is 0 Å². The molecular weight excluding hydrogens is 94.0 g/mol. The second-order valence-corrected chi connectivity index (χ2v) is 1.74. The van der Waals surface area contributed by atoms with Gasteiger partial charge in [-0.2, -0.15) is 5.48 Å². The minimum atomic E-state index is -1.11. The standard InChI is InChI=1S/C4H11NO2/c1-3-4(2,6)5-7/h5-7H,3H2,1-2H3/t4-/m1/s1. The summed E-state index contributed by atoms with van der Waals surface area (Å²) in [4.78, 5) is 0. The summed E-state index contributed by atoms with van der Waals surface area (Å²) in [7, 11) is 0. The predicted molar refractivity (Wildman–Crippen MR) is 25.8 cm³/mol. The van der Waals surface area contributed by atoms with E-state index in [1.54, 1.807) is 12.4 Å². The Balaban J connectivity index is 3.36. The van der Waals surface area contributed by atoms with E-state index in [1.807, 2.05) is 0 Å². The maximum absolute atomic E-state index is 8.77. The summed E-state index contributed by atoms with van der Waals surface area (Å²) in [5, 5.41) is 16.9. The van der Waals surface area contributed by atoms with Crippen molar-refractivity contribution < 1.29 is 10.3 Å². The van der Waals surface area contributed by atoms with Crippen molar-refractivity contribution in [1.29, 1.82) is 0 Å². The molecule has 0 radical (unpaired) electrons. The van der Waals surface area contributed by atoms with E-state index >= 15 is 0 Å². The normalized spacial score (nSPS) is 18.9. The molecule has 44 valence electrons. The van der Waals surface area contributed by atoms with Crippen molar-refractivity contribution in [3.63, 3.8) is 0 Å². The molecule has 0 aromatic rings. The van der Waals surface area contributed by atoms with E-state index in [9.17, 15) is 0 Å². The van der Waals surface area contributed by atoms with E-state index < -0.39 is 5.72 Å². The fourth-order valence-corrected chi connectivity index (χ4v) is 0.0791. The largest absolute Gasteiger partial charge is 0.374 e. The van der Waals surface area contributed by atoms with Crippen LogP contribution in [0, 0.1) is 0 Å². The van der Waals surface area contributed by atoms with Crippen LogP contribution in [0.15, 0.2) is 0 Å². The van der Waals surface area contributed by atoms with Crippen LogP contribution in [0.4, 0.5) is 0 Å². The molecule has 0 aliphatic carbocycles. The van der Waals surface area contributed by atoms with Gasteiger partial charge in [0.1, 0.15) is 5.72 Å². The number of hydrogen-bond donors (Lipinski definition) is 3. The van der Waals surface area contributed by atoms with Gasteiger partial charge >= 0.3 is 0 Å². The molecule has 0 aliphatic rings. The van der Waals surface area contributed by atoms with Gasteiger partial charge in [-0.25, -0.2) is 0 Å². The Hall–Kier alpha value is -0.120. The molecule has 3 nitrogen and oxygen atoms in total. The summed E-state index contributed by atoms with van der Waals surface area (Å²) in [6.07, 6.45) is 0.490. The van der Waals surface area contributed by atoms with E-state index in [1.165, 1.54) is 6.92 Å². The van der Waals surface area contributed by atoms with Crippen molar-refractivity contribution in [2.75, 3.05) is 0 Å². The summed E-state index contributed by atoms with van der Waals surface area (Å²) < 4.78 is 0. The third-order valence-corrected chi connectivity index (χ3v) is 0.929.